The van der Waals surface area contributed by atoms with Crippen molar-refractivity contribution in [2.75, 3.05) is 7.05 Å². The Hall–Kier alpha value is -1.19. The van der Waals surface area contributed by atoms with E-state index in [-0.39, 0.29) is 5.41 Å². The minimum atomic E-state index is 0.178. The molecule has 1 fully saturated rings. The number of nitrogens with zero attached hydrogens (tertiary/aromatic N) is 1. The molecule has 0 atom stereocenters. The molecule has 1 aliphatic carbocycles. The molecular formula is C16H20N2S. The summed E-state index contributed by atoms with van der Waals surface area (Å²) in [4.78, 5) is 6.08. The van der Waals surface area contributed by atoms with Crippen LogP contribution in [0.2, 0.25) is 0 Å². The summed E-state index contributed by atoms with van der Waals surface area (Å²) in [6.07, 6.45) is 7.15. The zero-order chi connectivity index (χ0) is 13.1. The molecule has 1 aromatic heterocycles. The fraction of sp³-hybridized carbons (Fsp3) is 0.438. The standard InChI is InChI=1S/C16H20N2S/c1-17-11-14-12-18-15(19-14)16(9-5-6-10-16)13-7-3-2-4-8-13/h2-4,7-8,12,17H,5-6,9-11H2,1H3. The number of thiazole rings is 1. The van der Waals surface area contributed by atoms with E-state index in [1.807, 2.05) is 24.6 Å². The van der Waals surface area contributed by atoms with Crippen molar-refractivity contribution in [3.05, 3.63) is 52.0 Å². The lowest BCUT2D eigenvalue weighted by Crippen LogP contribution is -2.23. The van der Waals surface area contributed by atoms with Gasteiger partial charge in [-0.3, -0.25) is 0 Å². The molecular weight excluding hydrogens is 252 g/mol. The lowest BCUT2D eigenvalue weighted by Gasteiger charge is -2.27. The molecule has 0 aliphatic heterocycles. The SMILES string of the molecule is CNCc1cnc(C2(c3ccccc3)CCCC2)s1. The van der Waals surface area contributed by atoms with Crippen molar-refractivity contribution in [3.63, 3.8) is 0 Å². The molecule has 0 spiro atoms. The maximum absolute atomic E-state index is 4.74. The number of aromatic nitrogens is 1. The van der Waals surface area contributed by atoms with Crippen LogP contribution in [0.4, 0.5) is 0 Å². The van der Waals surface area contributed by atoms with Crippen molar-refractivity contribution < 1.29 is 0 Å². The van der Waals surface area contributed by atoms with E-state index >= 15 is 0 Å². The summed E-state index contributed by atoms with van der Waals surface area (Å²) in [5, 5.41) is 4.52. The number of hydrogen-bond donors (Lipinski definition) is 1. The lowest BCUT2D eigenvalue weighted by atomic mass is 9.79. The van der Waals surface area contributed by atoms with E-state index in [2.05, 4.69) is 35.6 Å². The van der Waals surface area contributed by atoms with Crippen LogP contribution in [0.25, 0.3) is 0 Å². The monoisotopic (exact) mass is 272 g/mol. The Morgan fingerprint density at radius 3 is 2.63 bits per heavy atom. The smallest absolute Gasteiger partial charge is 0.103 e. The summed E-state index contributed by atoms with van der Waals surface area (Å²) >= 11 is 1.87. The van der Waals surface area contributed by atoms with Crippen molar-refractivity contribution in [1.29, 1.82) is 0 Å². The van der Waals surface area contributed by atoms with Gasteiger partial charge in [0.25, 0.3) is 0 Å². The minimum Gasteiger partial charge on any atom is -0.315 e. The summed E-state index contributed by atoms with van der Waals surface area (Å²) < 4.78 is 0. The maximum Gasteiger partial charge on any atom is 0.103 e. The highest BCUT2D eigenvalue weighted by Crippen LogP contribution is 2.47. The van der Waals surface area contributed by atoms with E-state index in [0.29, 0.717) is 0 Å². The van der Waals surface area contributed by atoms with Gasteiger partial charge < -0.3 is 5.32 Å². The molecule has 1 aromatic carbocycles. The molecule has 3 heteroatoms. The van der Waals surface area contributed by atoms with Gasteiger partial charge in [-0.05, 0) is 25.5 Å². The molecule has 2 nitrogen and oxygen atoms in total. The molecule has 0 bridgehead atoms. The molecule has 1 saturated carbocycles. The van der Waals surface area contributed by atoms with Gasteiger partial charge in [0.05, 0.1) is 0 Å². The minimum absolute atomic E-state index is 0.178. The maximum atomic E-state index is 4.74. The van der Waals surface area contributed by atoms with Crippen molar-refractivity contribution in [1.82, 2.24) is 10.3 Å². The summed E-state index contributed by atoms with van der Waals surface area (Å²) in [5.41, 5.74) is 1.62. The fourth-order valence-corrected chi connectivity index (χ4v) is 4.34. The third-order valence-corrected chi connectivity index (χ3v) is 5.30. The summed E-state index contributed by atoms with van der Waals surface area (Å²) in [5.74, 6) is 0. The third-order valence-electron chi connectivity index (χ3n) is 4.10. The van der Waals surface area contributed by atoms with E-state index in [9.17, 15) is 0 Å². The van der Waals surface area contributed by atoms with Gasteiger partial charge in [-0.25, -0.2) is 4.98 Å². The molecule has 1 aliphatic rings. The molecule has 0 saturated heterocycles. The number of nitrogens with one attached hydrogen (secondary N) is 1. The predicted molar refractivity (Wildman–Crippen MR) is 80.6 cm³/mol. The molecule has 0 radical (unpaired) electrons. The van der Waals surface area contributed by atoms with Crippen molar-refractivity contribution in [2.24, 2.45) is 0 Å². The Morgan fingerprint density at radius 2 is 1.95 bits per heavy atom. The molecule has 0 unspecified atom stereocenters. The Kier molecular flexibility index (Phi) is 3.67. The van der Waals surface area contributed by atoms with Crippen LogP contribution >= 0.6 is 11.3 Å². The van der Waals surface area contributed by atoms with Crippen LogP contribution in [-0.2, 0) is 12.0 Å². The number of benzene rings is 1. The number of hydrogen-bond acceptors (Lipinski definition) is 3. The highest BCUT2D eigenvalue weighted by Gasteiger charge is 2.39. The van der Waals surface area contributed by atoms with Gasteiger partial charge in [-0.2, -0.15) is 0 Å². The molecule has 0 amide bonds. The first kappa shape index (κ1) is 12.8. The first-order chi connectivity index (χ1) is 9.35. The Balaban J connectivity index is 2.00. The molecule has 2 aromatic rings. The number of rotatable bonds is 4. The lowest BCUT2D eigenvalue weighted by molar-refractivity contribution is 0.532. The van der Waals surface area contributed by atoms with Gasteiger partial charge in [0.2, 0.25) is 0 Å². The van der Waals surface area contributed by atoms with Crippen LogP contribution in [-0.4, -0.2) is 12.0 Å². The van der Waals surface area contributed by atoms with Crippen LogP contribution in [0.15, 0.2) is 36.5 Å². The second-order valence-corrected chi connectivity index (χ2v) is 6.43. The van der Waals surface area contributed by atoms with E-state index in [1.54, 1.807) is 0 Å². The zero-order valence-corrected chi connectivity index (χ0v) is 12.2. The van der Waals surface area contributed by atoms with Crippen molar-refractivity contribution in [2.45, 2.75) is 37.6 Å². The van der Waals surface area contributed by atoms with Crippen LogP contribution in [0.3, 0.4) is 0 Å². The summed E-state index contributed by atoms with van der Waals surface area (Å²) in [6, 6.07) is 10.9. The summed E-state index contributed by atoms with van der Waals surface area (Å²) in [7, 11) is 1.99. The quantitative estimate of drug-likeness (QED) is 0.917. The van der Waals surface area contributed by atoms with Crippen LogP contribution in [0.1, 0.15) is 41.1 Å². The van der Waals surface area contributed by atoms with Crippen molar-refractivity contribution in [3.8, 4) is 0 Å². The topological polar surface area (TPSA) is 24.9 Å². The molecule has 3 rings (SSSR count). The van der Waals surface area contributed by atoms with Gasteiger partial charge in [-0.1, -0.05) is 43.2 Å². The molecule has 1 N–H and O–H groups in total. The Labute approximate surface area is 118 Å². The second kappa shape index (κ2) is 5.43. The summed E-state index contributed by atoms with van der Waals surface area (Å²) in [6.45, 7) is 0.919. The Morgan fingerprint density at radius 1 is 1.21 bits per heavy atom. The van der Waals surface area contributed by atoms with E-state index < -0.39 is 0 Å². The van der Waals surface area contributed by atoms with Gasteiger partial charge in [0, 0.05) is 23.0 Å². The normalized spacial score (nSPS) is 17.7. The average Bonchev–Trinajstić information content (AvgIpc) is 3.09. The molecule has 1 heterocycles. The first-order valence-electron chi connectivity index (χ1n) is 7.00. The molecule has 100 valence electrons. The second-order valence-electron chi connectivity index (χ2n) is 5.32. The molecule has 19 heavy (non-hydrogen) atoms. The van der Waals surface area contributed by atoms with E-state index in [0.717, 1.165) is 6.54 Å². The van der Waals surface area contributed by atoms with Crippen LogP contribution in [0, 0.1) is 0 Å². The van der Waals surface area contributed by atoms with Crippen LogP contribution < -0.4 is 5.32 Å². The highest BCUT2D eigenvalue weighted by molar-refractivity contribution is 7.11. The van der Waals surface area contributed by atoms with Crippen molar-refractivity contribution >= 4 is 11.3 Å². The Bertz CT molecular complexity index is 527. The van der Waals surface area contributed by atoms with E-state index in [1.165, 1.54) is 41.1 Å². The van der Waals surface area contributed by atoms with Crippen LogP contribution in [0.5, 0.6) is 0 Å². The van der Waals surface area contributed by atoms with Gasteiger partial charge in [0.15, 0.2) is 0 Å². The average molecular weight is 272 g/mol. The highest BCUT2D eigenvalue weighted by atomic mass is 32.1. The van der Waals surface area contributed by atoms with Gasteiger partial charge in [0.1, 0.15) is 5.01 Å². The third kappa shape index (κ3) is 2.33. The van der Waals surface area contributed by atoms with Gasteiger partial charge >= 0.3 is 0 Å². The first-order valence-corrected chi connectivity index (χ1v) is 7.82. The van der Waals surface area contributed by atoms with Gasteiger partial charge in [-0.15, -0.1) is 11.3 Å². The van der Waals surface area contributed by atoms with E-state index in [4.69, 9.17) is 4.98 Å². The zero-order valence-electron chi connectivity index (χ0n) is 11.4. The fourth-order valence-electron chi connectivity index (χ4n) is 3.15. The largest absolute Gasteiger partial charge is 0.315 e. The predicted octanol–water partition coefficient (Wildman–Crippen LogP) is 3.72.